The van der Waals surface area contributed by atoms with Crippen LogP contribution in [0.3, 0.4) is 0 Å². The zero-order valence-electron chi connectivity index (χ0n) is 10.2. The zero-order valence-corrected chi connectivity index (χ0v) is 11.7. The number of aromatic nitrogens is 1. The van der Waals surface area contributed by atoms with Crippen molar-refractivity contribution in [3.8, 4) is 0 Å². The monoisotopic (exact) mass is 297 g/mol. The molecular formula is C14H13Cl2NO2. The van der Waals surface area contributed by atoms with Crippen molar-refractivity contribution in [1.82, 2.24) is 4.98 Å². The topological polar surface area (TPSA) is 42.1 Å². The molecule has 0 amide bonds. The zero-order chi connectivity index (χ0) is 13.4. The number of hydrogen-bond acceptors (Lipinski definition) is 2. The normalized spacial score (nSPS) is 19.2. The second kappa shape index (κ2) is 5.16. The average molecular weight is 298 g/mol. The SMILES string of the molecule is O=C(CC1CCCO1)c1c[nH]c2cc(Cl)cc(Cl)c12. The Morgan fingerprint density at radius 1 is 1.42 bits per heavy atom. The summed E-state index contributed by atoms with van der Waals surface area (Å²) in [5.74, 6) is 0.0578. The maximum atomic E-state index is 12.3. The Morgan fingerprint density at radius 2 is 2.26 bits per heavy atom. The Balaban J connectivity index is 1.94. The van der Waals surface area contributed by atoms with Crippen molar-refractivity contribution < 1.29 is 9.53 Å². The molecule has 0 saturated carbocycles. The third kappa shape index (κ3) is 2.50. The summed E-state index contributed by atoms with van der Waals surface area (Å²) in [4.78, 5) is 15.4. The lowest BCUT2D eigenvalue weighted by Crippen LogP contribution is -2.12. The van der Waals surface area contributed by atoms with Gasteiger partial charge in [-0.05, 0) is 25.0 Å². The van der Waals surface area contributed by atoms with Crippen LogP contribution in [0.5, 0.6) is 0 Å². The molecule has 3 nitrogen and oxygen atoms in total. The number of H-pyrrole nitrogens is 1. The van der Waals surface area contributed by atoms with Crippen LogP contribution in [-0.4, -0.2) is 23.5 Å². The molecule has 1 unspecified atom stereocenters. The van der Waals surface area contributed by atoms with Crippen molar-refractivity contribution in [2.24, 2.45) is 0 Å². The van der Waals surface area contributed by atoms with Gasteiger partial charge in [-0.25, -0.2) is 0 Å². The van der Waals surface area contributed by atoms with Gasteiger partial charge in [0.15, 0.2) is 5.78 Å². The highest BCUT2D eigenvalue weighted by molar-refractivity contribution is 6.39. The fourth-order valence-electron chi connectivity index (χ4n) is 2.53. The lowest BCUT2D eigenvalue weighted by atomic mass is 10.0. The predicted molar refractivity (Wildman–Crippen MR) is 76.2 cm³/mol. The molecule has 1 aliphatic heterocycles. The lowest BCUT2D eigenvalue weighted by molar-refractivity contribution is 0.0777. The van der Waals surface area contributed by atoms with Crippen molar-refractivity contribution >= 4 is 39.9 Å². The van der Waals surface area contributed by atoms with E-state index in [4.69, 9.17) is 27.9 Å². The van der Waals surface area contributed by atoms with Crippen molar-refractivity contribution in [3.05, 3.63) is 33.9 Å². The van der Waals surface area contributed by atoms with E-state index in [1.54, 1.807) is 18.3 Å². The average Bonchev–Trinajstić information content (AvgIpc) is 2.97. The molecule has 2 heterocycles. The fraction of sp³-hybridized carbons (Fsp3) is 0.357. The number of aromatic amines is 1. The van der Waals surface area contributed by atoms with E-state index in [1.165, 1.54) is 0 Å². The molecule has 1 aromatic heterocycles. The van der Waals surface area contributed by atoms with Gasteiger partial charge in [-0.1, -0.05) is 23.2 Å². The fourth-order valence-corrected chi connectivity index (χ4v) is 3.12. The smallest absolute Gasteiger partial charge is 0.167 e. The predicted octanol–water partition coefficient (Wildman–Crippen LogP) is 4.23. The van der Waals surface area contributed by atoms with Crippen molar-refractivity contribution in [2.75, 3.05) is 6.61 Å². The number of ketones is 1. The van der Waals surface area contributed by atoms with Crippen molar-refractivity contribution in [2.45, 2.75) is 25.4 Å². The first-order chi connectivity index (χ1) is 9.15. The van der Waals surface area contributed by atoms with Gasteiger partial charge in [-0.3, -0.25) is 4.79 Å². The standard InChI is InChI=1S/C14H13Cl2NO2/c15-8-4-11(16)14-10(7-17-12(14)5-8)13(18)6-9-2-1-3-19-9/h4-5,7,9,17H,1-3,6H2. The van der Waals surface area contributed by atoms with Crippen molar-refractivity contribution in [1.29, 1.82) is 0 Å². The van der Waals surface area contributed by atoms with Gasteiger partial charge in [0.1, 0.15) is 0 Å². The first kappa shape index (κ1) is 13.0. The molecule has 19 heavy (non-hydrogen) atoms. The summed E-state index contributed by atoms with van der Waals surface area (Å²) in [6.07, 6.45) is 4.13. The molecule has 0 bridgehead atoms. The van der Waals surface area contributed by atoms with Gasteiger partial charge < -0.3 is 9.72 Å². The van der Waals surface area contributed by atoms with Crippen LogP contribution in [0.15, 0.2) is 18.3 Å². The molecular weight excluding hydrogens is 285 g/mol. The first-order valence-electron chi connectivity index (χ1n) is 6.26. The van der Waals surface area contributed by atoms with E-state index in [9.17, 15) is 4.79 Å². The highest BCUT2D eigenvalue weighted by atomic mass is 35.5. The summed E-state index contributed by atoms with van der Waals surface area (Å²) in [6.45, 7) is 0.752. The van der Waals surface area contributed by atoms with Gasteiger partial charge in [0.25, 0.3) is 0 Å². The largest absolute Gasteiger partial charge is 0.378 e. The van der Waals surface area contributed by atoms with Crippen LogP contribution in [0.4, 0.5) is 0 Å². The van der Waals surface area contributed by atoms with Gasteiger partial charge in [0.05, 0.1) is 11.1 Å². The first-order valence-corrected chi connectivity index (χ1v) is 7.01. The summed E-state index contributed by atoms with van der Waals surface area (Å²) in [7, 11) is 0. The molecule has 0 aliphatic carbocycles. The number of halogens is 2. The molecule has 100 valence electrons. The maximum absolute atomic E-state index is 12.3. The molecule has 1 N–H and O–H groups in total. The number of benzene rings is 1. The number of rotatable bonds is 3. The van der Waals surface area contributed by atoms with Gasteiger partial charge in [-0.2, -0.15) is 0 Å². The van der Waals surface area contributed by atoms with E-state index in [-0.39, 0.29) is 11.9 Å². The van der Waals surface area contributed by atoms with Gasteiger partial charge in [0.2, 0.25) is 0 Å². The number of ether oxygens (including phenoxy) is 1. The van der Waals surface area contributed by atoms with Crippen LogP contribution < -0.4 is 0 Å². The van der Waals surface area contributed by atoms with Crippen LogP contribution in [-0.2, 0) is 4.74 Å². The third-order valence-corrected chi connectivity index (χ3v) is 3.95. The number of carbonyl (C=O) groups excluding carboxylic acids is 1. The number of Topliss-reactive ketones (excluding diaryl/α,β-unsaturated/α-hetero) is 1. The summed E-state index contributed by atoms with van der Waals surface area (Å²) >= 11 is 12.1. The van der Waals surface area contributed by atoms with Gasteiger partial charge >= 0.3 is 0 Å². The second-order valence-electron chi connectivity index (χ2n) is 4.77. The van der Waals surface area contributed by atoms with Crippen LogP contribution in [0.2, 0.25) is 10.0 Å². The van der Waals surface area contributed by atoms with E-state index < -0.39 is 0 Å². The number of hydrogen-bond donors (Lipinski definition) is 1. The maximum Gasteiger partial charge on any atom is 0.167 e. The minimum atomic E-state index is 0.0449. The molecule has 1 fully saturated rings. The lowest BCUT2D eigenvalue weighted by Gasteiger charge is -2.07. The highest BCUT2D eigenvalue weighted by Crippen LogP contribution is 2.31. The van der Waals surface area contributed by atoms with Crippen LogP contribution in [0.1, 0.15) is 29.6 Å². The number of carbonyl (C=O) groups is 1. The Labute approximate surface area is 120 Å². The van der Waals surface area contributed by atoms with Crippen LogP contribution in [0.25, 0.3) is 10.9 Å². The van der Waals surface area contributed by atoms with E-state index in [0.29, 0.717) is 22.0 Å². The third-order valence-electron chi connectivity index (χ3n) is 3.43. The van der Waals surface area contributed by atoms with E-state index in [0.717, 1.165) is 30.4 Å². The minimum absolute atomic E-state index is 0.0449. The van der Waals surface area contributed by atoms with Gasteiger partial charge in [0, 0.05) is 40.7 Å². The number of nitrogens with one attached hydrogen (secondary N) is 1. The highest BCUT2D eigenvalue weighted by Gasteiger charge is 2.22. The summed E-state index contributed by atoms with van der Waals surface area (Å²) in [5.41, 5.74) is 1.40. The van der Waals surface area contributed by atoms with Crippen LogP contribution in [0, 0.1) is 0 Å². The number of fused-ring (bicyclic) bond motifs is 1. The minimum Gasteiger partial charge on any atom is -0.378 e. The summed E-state index contributed by atoms with van der Waals surface area (Å²) in [6, 6.07) is 3.42. The molecule has 0 spiro atoms. The Kier molecular flexibility index (Phi) is 3.52. The van der Waals surface area contributed by atoms with Crippen LogP contribution >= 0.6 is 23.2 Å². The quantitative estimate of drug-likeness (QED) is 0.862. The molecule has 1 aliphatic rings. The molecule has 1 saturated heterocycles. The second-order valence-corrected chi connectivity index (χ2v) is 5.62. The van der Waals surface area contributed by atoms with Crippen molar-refractivity contribution in [3.63, 3.8) is 0 Å². The Morgan fingerprint density at radius 3 is 3.00 bits per heavy atom. The van der Waals surface area contributed by atoms with E-state index in [1.807, 2.05) is 0 Å². The Bertz CT molecular complexity index is 630. The van der Waals surface area contributed by atoms with E-state index >= 15 is 0 Å². The van der Waals surface area contributed by atoms with Gasteiger partial charge in [-0.15, -0.1) is 0 Å². The molecule has 1 atom stereocenters. The summed E-state index contributed by atoms with van der Waals surface area (Å²) < 4.78 is 5.50. The summed E-state index contributed by atoms with van der Waals surface area (Å²) in [5, 5.41) is 1.80. The van der Waals surface area contributed by atoms with E-state index in [2.05, 4.69) is 4.98 Å². The molecule has 1 aromatic carbocycles. The Hall–Kier alpha value is -1.03. The molecule has 2 aromatic rings. The molecule has 5 heteroatoms. The molecule has 3 rings (SSSR count). The molecule has 0 radical (unpaired) electrons.